The summed E-state index contributed by atoms with van der Waals surface area (Å²) in [6, 6.07) is 6.40. The molecule has 0 amide bonds. The van der Waals surface area contributed by atoms with E-state index in [2.05, 4.69) is 0 Å². The van der Waals surface area contributed by atoms with Gasteiger partial charge in [0.25, 0.3) is 0 Å². The Morgan fingerprint density at radius 3 is 2.55 bits per heavy atom. The zero-order valence-electron chi connectivity index (χ0n) is 10.8. The fourth-order valence-corrected chi connectivity index (χ4v) is 2.10. The van der Waals surface area contributed by atoms with Crippen LogP contribution in [0.1, 0.15) is 21.5 Å². The first-order valence-electron chi connectivity index (χ1n) is 5.78. The molecule has 0 aliphatic rings. The van der Waals surface area contributed by atoms with Gasteiger partial charge >= 0.3 is 0 Å². The standard InChI is InChI=1S/C15H11ClF2O2/c1-8-6-9(10(16)7-12(8)18)15(19)14-11(17)4-3-5-13(14)20-2/h3-7H,1-2H3. The molecule has 0 radical (unpaired) electrons. The summed E-state index contributed by atoms with van der Waals surface area (Å²) in [5, 5.41) is -0.0663. The highest BCUT2D eigenvalue weighted by Gasteiger charge is 2.22. The molecule has 0 aliphatic carbocycles. The number of ether oxygens (including phenoxy) is 1. The third kappa shape index (κ3) is 2.51. The minimum absolute atomic E-state index is 0.0361. The number of hydrogen-bond donors (Lipinski definition) is 0. The van der Waals surface area contributed by atoms with Crippen LogP contribution in [0.15, 0.2) is 30.3 Å². The van der Waals surface area contributed by atoms with Crippen molar-refractivity contribution < 1.29 is 18.3 Å². The van der Waals surface area contributed by atoms with Crippen molar-refractivity contribution >= 4 is 17.4 Å². The van der Waals surface area contributed by atoms with Crippen molar-refractivity contribution in [2.75, 3.05) is 7.11 Å². The third-order valence-corrected chi connectivity index (χ3v) is 3.23. The molecule has 0 spiro atoms. The second kappa shape index (κ2) is 5.59. The van der Waals surface area contributed by atoms with E-state index in [9.17, 15) is 13.6 Å². The zero-order chi connectivity index (χ0) is 14.9. The number of halogens is 3. The summed E-state index contributed by atoms with van der Waals surface area (Å²) in [7, 11) is 1.34. The highest BCUT2D eigenvalue weighted by molar-refractivity contribution is 6.35. The highest BCUT2D eigenvalue weighted by atomic mass is 35.5. The van der Waals surface area contributed by atoms with E-state index in [0.717, 1.165) is 12.1 Å². The van der Waals surface area contributed by atoms with Gasteiger partial charge in [-0.3, -0.25) is 4.79 Å². The molecule has 0 aromatic heterocycles. The topological polar surface area (TPSA) is 26.3 Å². The molecule has 0 atom stereocenters. The van der Waals surface area contributed by atoms with Crippen molar-refractivity contribution in [2.45, 2.75) is 6.92 Å². The molecule has 5 heteroatoms. The zero-order valence-corrected chi connectivity index (χ0v) is 11.6. The van der Waals surface area contributed by atoms with E-state index in [4.69, 9.17) is 16.3 Å². The maximum absolute atomic E-state index is 13.9. The van der Waals surface area contributed by atoms with Crippen LogP contribution in [0.25, 0.3) is 0 Å². The minimum atomic E-state index is -0.715. The van der Waals surface area contributed by atoms with Crippen molar-refractivity contribution in [1.82, 2.24) is 0 Å². The van der Waals surface area contributed by atoms with E-state index in [1.807, 2.05) is 0 Å². The predicted octanol–water partition coefficient (Wildman–Crippen LogP) is 4.17. The molecule has 0 heterocycles. The van der Waals surface area contributed by atoms with Gasteiger partial charge in [-0.25, -0.2) is 8.78 Å². The molecule has 0 unspecified atom stereocenters. The van der Waals surface area contributed by atoms with Crippen LogP contribution in [-0.4, -0.2) is 12.9 Å². The molecule has 2 nitrogen and oxygen atoms in total. The first kappa shape index (κ1) is 14.5. The van der Waals surface area contributed by atoms with E-state index >= 15 is 0 Å². The van der Waals surface area contributed by atoms with Gasteiger partial charge in [0.05, 0.1) is 12.1 Å². The van der Waals surface area contributed by atoms with Crippen molar-refractivity contribution in [3.63, 3.8) is 0 Å². The monoisotopic (exact) mass is 296 g/mol. The summed E-state index contributed by atoms with van der Waals surface area (Å²) in [6.07, 6.45) is 0. The molecule has 2 rings (SSSR count). The van der Waals surface area contributed by atoms with Crippen molar-refractivity contribution in [3.8, 4) is 5.75 Å². The molecular formula is C15H11ClF2O2. The summed E-state index contributed by atoms with van der Waals surface area (Å²) >= 11 is 5.87. The maximum Gasteiger partial charge on any atom is 0.201 e. The first-order chi connectivity index (χ1) is 9.45. The van der Waals surface area contributed by atoms with Crippen LogP contribution in [-0.2, 0) is 0 Å². The van der Waals surface area contributed by atoms with Gasteiger partial charge < -0.3 is 4.74 Å². The van der Waals surface area contributed by atoms with E-state index in [1.54, 1.807) is 0 Å². The van der Waals surface area contributed by atoms with Gasteiger partial charge in [0, 0.05) is 5.56 Å². The van der Waals surface area contributed by atoms with E-state index < -0.39 is 17.4 Å². The Morgan fingerprint density at radius 2 is 1.90 bits per heavy atom. The normalized spacial score (nSPS) is 10.4. The van der Waals surface area contributed by atoms with Crippen molar-refractivity contribution in [2.24, 2.45) is 0 Å². The molecule has 2 aromatic carbocycles. The Hall–Kier alpha value is -1.94. The number of methoxy groups -OCH3 is 1. The summed E-state index contributed by atoms with van der Waals surface area (Å²) in [5.74, 6) is -1.78. The van der Waals surface area contributed by atoms with Crippen LogP contribution >= 0.6 is 11.6 Å². The molecule has 0 bridgehead atoms. The number of ketones is 1. The quantitative estimate of drug-likeness (QED) is 0.795. The SMILES string of the molecule is COc1cccc(F)c1C(=O)c1cc(C)c(F)cc1Cl. The second-order valence-corrected chi connectivity index (χ2v) is 4.63. The van der Waals surface area contributed by atoms with Gasteiger partial charge in [0.15, 0.2) is 0 Å². The van der Waals surface area contributed by atoms with Crippen molar-refractivity contribution in [3.05, 3.63) is 63.7 Å². The second-order valence-electron chi connectivity index (χ2n) is 4.23. The van der Waals surface area contributed by atoms with Crippen molar-refractivity contribution in [1.29, 1.82) is 0 Å². The van der Waals surface area contributed by atoms with E-state index in [1.165, 1.54) is 32.2 Å². The summed E-state index contributed by atoms with van der Waals surface area (Å²) in [5.41, 5.74) is 0.0740. The number of aryl methyl sites for hydroxylation is 1. The lowest BCUT2D eigenvalue weighted by molar-refractivity contribution is 0.103. The summed E-state index contributed by atoms with van der Waals surface area (Å²) < 4.78 is 32.2. The van der Waals surface area contributed by atoms with Gasteiger partial charge in [-0.2, -0.15) is 0 Å². The molecule has 0 aliphatic heterocycles. The average Bonchev–Trinajstić information content (AvgIpc) is 2.41. The van der Waals surface area contributed by atoms with Crippen LogP contribution in [0, 0.1) is 18.6 Å². The molecule has 0 fully saturated rings. The maximum atomic E-state index is 13.9. The lowest BCUT2D eigenvalue weighted by Gasteiger charge is -2.10. The van der Waals surface area contributed by atoms with Gasteiger partial charge in [0.1, 0.15) is 22.9 Å². The number of rotatable bonds is 3. The fourth-order valence-electron chi connectivity index (χ4n) is 1.86. The number of hydrogen-bond acceptors (Lipinski definition) is 2. The molecule has 20 heavy (non-hydrogen) atoms. The predicted molar refractivity (Wildman–Crippen MR) is 72.5 cm³/mol. The van der Waals surface area contributed by atoms with E-state index in [-0.39, 0.29) is 27.5 Å². The lowest BCUT2D eigenvalue weighted by Crippen LogP contribution is -2.08. The molecular weight excluding hydrogens is 286 g/mol. The summed E-state index contributed by atoms with van der Waals surface area (Å²) in [4.78, 5) is 12.4. The summed E-state index contributed by atoms with van der Waals surface area (Å²) in [6.45, 7) is 1.50. The lowest BCUT2D eigenvalue weighted by atomic mass is 10.00. The smallest absolute Gasteiger partial charge is 0.201 e. The van der Waals surface area contributed by atoms with Crippen LogP contribution in [0.5, 0.6) is 5.75 Å². The van der Waals surface area contributed by atoms with Crippen LogP contribution in [0.2, 0.25) is 5.02 Å². The highest BCUT2D eigenvalue weighted by Crippen LogP contribution is 2.28. The Balaban J connectivity index is 2.61. The van der Waals surface area contributed by atoms with Gasteiger partial charge in [-0.1, -0.05) is 17.7 Å². The fraction of sp³-hybridized carbons (Fsp3) is 0.133. The van der Waals surface area contributed by atoms with Gasteiger partial charge in [0.2, 0.25) is 5.78 Å². The van der Waals surface area contributed by atoms with E-state index in [0.29, 0.717) is 0 Å². The molecule has 104 valence electrons. The third-order valence-electron chi connectivity index (χ3n) is 2.92. The molecule has 2 aromatic rings. The number of carbonyl (C=O) groups excluding carboxylic acids is 1. The van der Waals surface area contributed by atoms with Crippen LogP contribution < -0.4 is 4.74 Å². The first-order valence-corrected chi connectivity index (χ1v) is 6.16. The Morgan fingerprint density at radius 1 is 1.20 bits per heavy atom. The minimum Gasteiger partial charge on any atom is -0.496 e. The molecule has 0 saturated heterocycles. The van der Waals surface area contributed by atoms with Crippen LogP contribution in [0.4, 0.5) is 8.78 Å². The Labute approximate surface area is 119 Å². The number of benzene rings is 2. The molecule has 0 saturated carbocycles. The number of carbonyl (C=O) groups is 1. The molecule has 0 N–H and O–H groups in total. The largest absolute Gasteiger partial charge is 0.496 e. The van der Waals surface area contributed by atoms with Gasteiger partial charge in [-0.05, 0) is 36.8 Å². The average molecular weight is 297 g/mol. The Kier molecular flexibility index (Phi) is 4.04. The van der Waals surface area contributed by atoms with Crippen LogP contribution in [0.3, 0.4) is 0 Å². The Bertz CT molecular complexity index is 684. The van der Waals surface area contributed by atoms with Gasteiger partial charge in [-0.15, -0.1) is 0 Å².